The summed E-state index contributed by atoms with van der Waals surface area (Å²) in [6.07, 6.45) is -1.49. The minimum atomic E-state index is -4.71. The van der Waals surface area contributed by atoms with E-state index >= 15 is 0 Å². The highest BCUT2D eigenvalue weighted by Crippen LogP contribution is 2.24. The number of nitrogens with zero attached hydrogens (tertiary/aromatic N) is 2. The van der Waals surface area contributed by atoms with E-state index in [1.165, 1.54) is 30.5 Å². The topological polar surface area (TPSA) is 64.6 Å². The number of thiocarbonyl (C=S) groups is 1. The zero-order chi connectivity index (χ0) is 16.2. The van der Waals surface area contributed by atoms with Gasteiger partial charge < -0.3 is 15.0 Å². The van der Waals surface area contributed by atoms with Crippen molar-refractivity contribution in [3.05, 3.63) is 48.3 Å². The van der Waals surface area contributed by atoms with Gasteiger partial charge in [0.1, 0.15) is 5.75 Å². The summed E-state index contributed by atoms with van der Waals surface area (Å²) >= 11 is 4.61. The average molecular weight is 328 g/mol. The molecular formula is C13H11F3N4OS. The van der Waals surface area contributed by atoms with E-state index in [9.17, 15) is 13.2 Å². The molecule has 0 unspecified atom stereocenters. The first kappa shape index (κ1) is 15.8. The van der Waals surface area contributed by atoms with Crippen LogP contribution in [0.5, 0.6) is 5.75 Å². The van der Waals surface area contributed by atoms with Crippen LogP contribution >= 0.6 is 12.2 Å². The molecule has 0 aliphatic carbocycles. The Morgan fingerprint density at radius 2 is 1.95 bits per heavy atom. The van der Waals surface area contributed by atoms with Gasteiger partial charge in [0.25, 0.3) is 0 Å². The molecule has 0 bridgehead atoms. The first-order valence-electron chi connectivity index (χ1n) is 5.97. The highest BCUT2D eigenvalue weighted by atomic mass is 32.1. The van der Waals surface area contributed by atoms with Gasteiger partial charge in [0.05, 0.1) is 11.9 Å². The van der Waals surface area contributed by atoms with Crippen LogP contribution in [0, 0.1) is 0 Å². The van der Waals surface area contributed by atoms with Gasteiger partial charge >= 0.3 is 6.36 Å². The molecule has 1 heterocycles. The SMILES string of the molecule is NC(=S)N/N=C/c1cccn1-c1ccc(OC(F)(F)F)cc1. The third-order valence-electron chi connectivity index (χ3n) is 2.50. The molecule has 3 N–H and O–H groups in total. The van der Waals surface area contributed by atoms with Crippen LogP contribution in [0.15, 0.2) is 47.7 Å². The number of hydrogen-bond donors (Lipinski definition) is 2. The van der Waals surface area contributed by atoms with Crippen molar-refractivity contribution in [1.82, 2.24) is 9.99 Å². The number of halogens is 3. The fourth-order valence-electron chi connectivity index (χ4n) is 1.70. The summed E-state index contributed by atoms with van der Waals surface area (Å²) in [5.41, 5.74) is 9.00. The van der Waals surface area contributed by atoms with Gasteiger partial charge in [0.2, 0.25) is 0 Å². The zero-order valence-corrected chi connectivity index (χ0v) is 11.9. The molecule has 0 atom stereocenters. The standard InChI is InChI=1S/C13H11F3N4OS/c14-13(15,16)21-11-5-3-9(4-6-11)20-7-1-2-10(20)8-18-19-12(17)22/h1-8H,(H3,17,19,22)/b18-8+. The van der Waals surface area contributed by atoms with Crippen molar-refractivity contribution in [2.45, 2.75) is 6.36 Å². The minimum Gasteiger partial charge on any atom is -0.406 e. The minimum absolute atomic E-state index is 0.0306. The largest absolute Gasteiger partial charge is 0.573 e. The molecule has 0 aliphatic heterocycles. The molecule has 0 radical (unpaired) electrons. The third-order valence-corrected chi connectivity index (χ3v) is 2.59. The van der Waals surface area contributed by atoms with Crippen LogP contribution < -0.4 is 15.9 Å². The molecule has 0 spiro atoms. The van der Waals surface area contributed by atoms with E-state index in [1.54, 1.807) is 22.9 Å². The average Bonchev–Trinajstić information content (AvgIpc) is 2.86. The van der Waals surface area contributed by atoms with Gasteiger partial charge in [-0.2, -0.15) is 5.10 Å². The van der Waals surface area contributed by atoms with Crippen LogP contribution in [0.25, 0.3) is 5.69 Å². The maximum Gasteiger partial charge on any atom is 0.573 e. The van der Waals surface area contributed by atoms with Gasteiger partial charge in [0.15, 0.2) is 5.11 Å². The molecule has 5 nitrogen and oxygen atoms in total. The predicted octanol–water partition coefficient (Wildman–Crippen LogP) is 2.54. The van der Waals surface area contributed by atoms with Crippen molar-refractivity contribution < 1.29 is 17.9 Å². The summed E-state index contributed by atoms with van der Waals surface area (Å²) in [6.45, 7) is 0. The number of nitrogens with two attached hydrogens (primary N) is 1. The Morgan fingerprint density at radius 1 is 1.27 bits per heavy atom. The van der Waals surface area contributed by atoms with Crippen LogP contribution in [0.2, 0.25) is 0 Å². The van der Waals surface area contributed by atoms with Crippen molar-refractivity contribution in [3.8, 4) is 11.4 Å². The summed E-state index contributed by atoms with van der Waals surface area (Å²) in [6, 6.07) is 9.00. The van der Waals surface area contributed by atoms with E-state index < -0.39 is 6.36 Å². The lowest BCUT2D eigenvalue weighted by molar-refractivity contribution is -0.274. The number of nitrogens with one attached hydrogen (secondary N) is 1. The lowest BCUT2D eigenvalue weighted by Crippen LogP contribution is -2.24. The van der Waals surface area contributed by atoms with E-state index in [4.69, 9.17) is 5.73 Å². The lowest BCUT2D eigenvalue weighted by Gasteiger charge is -2.10. The van der Waals surface area contributed by atoms with Gasteiger partial charge in [-0.05, 0) is 48.6 Å². The summed E-state index contributed by atoms with van der Waals surface area (Å²) in [4.78, 5) is 0. The first-order valence-corrected chi connectivity index (χ1v) is 6.38. The number of hydrogen-bond acceptors (Lipinski definition) is 3. The Morgan fingerprint density at radius 3 is 2.55 bits per heavy atom. The summed E-state index contributed by atoms with van der Waals surface area (Å²) in [5.74, 6) is -0.284. The fraction of sp³-hybridized carbons (Fsp3) is 0.0769. The number of benzene rings is 1. The molecule has 116 valence electrons. The van der Waals surface area contributed by atoms with Crippen molar-refractivity contribution in [2.75, 3.05) is 0 Å². The summed E-state index contributed by atoms with van der Waals surface area (Å²) in [5, 5.41) is 3.86. The van der Waals surface area contributed by atoms with Gasteiger partial charge in [-0.3, -0.25) is 5.43 Å². The fourth-order valence-corrected chi connectivity index (χ4v) is 1.76. The zero-order valence-electron chi connectivity index (χ0n) is 11.0. The molecule has 1 aromatic carbocycles. The molecule has 0 fully saturated rings. The van der Waals surface area contributed by atoms with E-state index in [-0.39, 0.29) is 10.9 Å². The van der Waals surface area contributed by atoms with Crippen LogP contribution in [0.4, 0.5) is 13.2 Å². The Hall–Kier alpha value is -2.55. The molecule has 0 aliphatic rings. The summed E-state index contributed by atoms with van der Waals surface area (Å²) in [7, 11) is 0. The Balaban J connectivity index is 2.17. The molecular weight excluding hydrogens is 317 g/mol. The smallest absolute Gasteiger partial charge is 0.406 e. The number of alkyl halides is 3. The second kappa shape index (κ2) is 6.48. The number of ether oxygens (including phenoxy) is 1. The predicted molar refractivity (Wildman–Crippen MR) is 80.0 cm³/mol. The lowest BCUT2D eigenvalue weighted by atomic mass is 10.3. The van der Waals surface area contributed by atoms with Crippen LogP contribution in [0.3, 0.4) is 0 Å². The third kappa shape index (κ3) is 4.48. The van der Waals surface area contributed by atoms with Crippen LogP contribution in [-0.2, 0) is 0 Å². The van der Waals surface area contributed by atoms with Gasteiger partial charge in [-0.1, -0.05) is 0 Å². The highest BCUT2D eigenvalue weighted by molar-refractivity contribution is 7.80. The Bertz CT molecular complexity index is 679. The second-order valence-electron chi connectivity index (χ2n) is 4.08. The monoisotopic (exact) mass is 328 g/mol. The van der Waals surface area contributed by atoms with E-state index in [0.717, 1.165) is 0 Å². The number of hydrazone groups is 1. The molecule has 2 aromatic rings. The van der Waals surface area contributed by atoms with E-state index in [0.29, 0.717) is 11.4 Å². The molecule has 0 amide bonds. The van der Waals surface area contributed by atoms with Crippen LogP contribution in [0.1, 0.15) is 5.69 Å². The Kier molecular flexibility index (Phi) is 4.66. The summed E-state index contributed by atoms with van der Waals surface area (Å²) < 4.78 is 41.9. The molecule has 1 aromatic heterocycles. The van der Waals surface area contributed by atoms with Crippen molar-refractivity contribution in [2.24, 2.45) is 10.8 Å². The normalized spacial score (nSPS) is 11.6. The van der Waals surface area contributed by atoms with Gasteiger partial charge in [-0.15, -0.1) is 13.2 Å². The molecule has 2 rings (SSSR count). The van der Waals surface area contributed by atoms with Crippen molar-refractivity contribution in [1.29, 1.82) is 0 Å². The van der Waals surface area contributed by atoms with Gasteiger partial charge in [-0.25, -0.2) is 0 Å². The van der Waals surface area contributed by atoms with Crippen molar-refractivity contribution in [3.63, 3.8) is 0 Å². The maximum absolute atomic E-state index is 12.1. The van der Waals surface area contributed by atoms with Crippen LogP contribution in [-0.4, -0.2) is 22.3 Å². The van der Waals surface area contributed by atoms with Crippen molar-refractivity contribution >= 4 is 23.5 Å². The number of rotatable bonds is 4. The maximum atomic E-state index is 12.1. The molecule has 9 heteroatoms. The Labute approximate surface area is 129 Å². The van der Waals surface area contributed by atoms with E-state index in [1.807, 2.05) is 0 Å². The quantitative estimate of drug-likeness (QED) is 0.514. The molecule has 0 saturated heterocycles. The second-order valence-corrected chi connectivity index (χ2v) is 4.52. The number of aromatic nitrogens is 1. The molecule has 0 saturated carbocycles. The highest BCUT2D eigenvalue weighted by Gasteiger charge is 2.30. The van der Waals surface area contributed by atoms with Gasteiger partial charge in [0, 0.05) is 11.9 Å². The first-order chi connectivity index (χ1) is 10.3. The van der Waals surface area contributed by atoms with E-state index in [2.05, 4.69) is 27.5 Å². The molecule has 22 heavy (non-hydrogen) atoms.